The summed E-state index contributed by atoms with van der Waals surface area (Å²) < 4.78 is 46.8. The van der Waals surface area contributed by atoms with Gasteiger partial charge in [0.15, 0.2) is 14.1 Å². The fraction of sp³-hybridized carbons (Fsp3) is 0.794. The molecule has 0 bridgehead atoms. The number of esters is 1. The van der Waals surface area contributed by atoms with E-state index in [2.05, 4.69) is 59.0 Å². The third-order valence-corrected chi connectivity index (χ3v) is 15.3. The first kappa shape index (κ1) is 41.9. The smallest absolute Gasteiger partial charge is 0.332 e. The molecule has 1 fully saturated rings. The van der Waals surface area contributed by atoms with Crippen LogP contribution in [0.5, 0.6) is 0 Å². The van der Waals surface area contributed by atoms with Crippen LogP contribution in [-0.4, -0.2) is 77.1 Å². The maximum absolute atomic E-state index is 13.4. The van der Waals surface area contributed by atoms with Gasteiger partial charge in [0.1, 0.15) is 0 Å². The van der Waals surface area contributed by atoms with E-state index >= 15 is 0 Å². The number of hydrogen-bond acceptors (Lipinski definition) is 9. The van der Waals surface area contributed by atoms with Gasteiger partial charge in [-0.15, -0.1) is 0 Å². The second kappa shape index (κ2) is 17.9. The molecule has 1 saturated heterocycles. The molecule has 0 aliphatic carbocycles. The highest BCUT2D eigenvalue weighted by molar-refractivity contribution is 7.53. The van der Waals surface area contributed by atoms with Gasteiger partial charge in [-0.3, -0.25) is 9.36 Å². The highest BCUT2D eigenvalue weighted by atomic mass is 31.2. The van der Waals surface area contributed by atoms with Gasteiger partial charge in [0.2, 0.25) is 0 Å². The van der Waals surface area contributed by atoms with Crippen LogP contribution in [0.1, 0.15) is 94.4 Å². The molecule has 1 heterocycles. The quantitative estimate of drug-likeness (QED) is 0.0383. The van der Waals surface area contributed by atoms with Gasteiger partial charge in [-0.1, -0.05) is 56.2 Å². The van der Waals surface area contributed by atoms with E-state index < -0.39 is 45.4 Å². The Morgan fingerprint density at radius 2 is 1.71 bits per heavy atom. The molecule has 0 spiro atoms. The van der Waals surface area contributed by atoms with Crippen LogP contribution in [0, 0.1) is 5.41 Å². The van der Waals surface area contributed by atoms with E-state index in [4.69, 9.17) is 27.7 Å². The molecule has 1 aliphatic heterocycles. The summed E-state index contributed by atoms with van der Waals surface area (Å²) in [6.07, 6.45) is 9.18. The van der Waals surface area contributed by atoms with Crippen molar-refractivity contribution in [2.75, 3.05) is 33.6 Å². The number of ether oxygens (including phenoxy) is 3. The minimum Gasteiger partial charge on any atom is -0.465 e. The fourth-order valence-corrected chi connectivity index (χ4v) is 6.98. The van der Waals surface area contributed by atoms with Gasteiger partial charge >= 0.3 is 13.6 Å². The van der Waals surface area contributed by atoms with Gasteiger partial charge in [0.05, 0.1) is 43.1 Å². The summed E-state index contributed by atoms with van der Waals surface area (Å²) in [5, 5.41) is 10.9. The molecular formula is C34H63O9PSi. The van der Waals surface area contributed by atoms with Crippen molar-refractivity contribution in [1.82, 2.24) is 0 Å². The molecule has 9 nitrogen and oxygen atoms in total. The van der Waals surface area contributed by atoms with Crippen molar-refractivity contribution in [3.63, 3.8) is 0 Å². The number of aliphatic hydroxyl groups is 1. The van der Waals surface area contributed by atoms with Crippen LogP contribution in [0.3, 0.4) is 0 Å². The molecule has 262 valence electrons. The lowest BCUT2D eigenvalue weighted by Gasteiger charge is -2.46. The lowest BCUT2D eigenvalue weighted by molar-refractivity contribution is -0.318. The zero-order valence-electron chi connectivity index (χ0n) is 30.4. The van der Waals surface area contributed by atoms with Gasteiger partial charge < -0.3 is 32.8 Å². The predicted octanol–water partition coefficient (Wildman–Crippen LogP) is 8.34. The number of allylic oxidation sites excluding steroid dienone is 5. The van der Waals surface area contributed by atoms with Crippen LogP contribution in [0.25, 0.3) is 0 Å². The molecule has 1 N–H and O–H groups in total. The summed E-state index contributed by atoms with van der Waals surface area (Å²) in [6, 6.07) is 0. The van der Waals surface area contributed by atoms with E-state index in [1.807, 2.05) is 19.9 Å². The average molecular weight is 675 g/mol. The first-order chi connectivity index (χ1) is 20.6. The van der Waals surface area contributed by atoms with Crippen molar-refractivity contribution in [2.24, 2.45) is 5.41 Å². The molecule has 1 unspecified atom stereocenters. The van der Waals surface area contributed by atoms with Gasteiger partial charge in [-0.05, 0) is 78.9 Å². The second-order valence-electron chi connectivity index (χ2n) is 14.4. The topological polar surface area (TPSA) is 110 Å². The normalized spacial score (nSPS) is 22.4. The maximum atomic E-state index is 13.4. The number of unbranched alkanes of at least 4 members (excludes halogenated alkanes) is 1. The molecular weight excluding hydrogens is 611 g/mol. The third kappa shape index (κ3) is 13.9. The molecule has 4 atom stereocenters. The van der Waals surface area contributed by atoms with E-state index in [0.717, 1.165) is 18.4 Å². The number of carbonyl (C=O) groups excluding carboxylic acids is 1. The number of aliphatic hydroxyl groups excluding tert-OH is 1. The Morgan fingerprint density at radius 3 is 2.27 bits per heavy atom. The van der Waals surface area contributed by atoms with Gasteiger partial charge in [0.25, 0.3) is 0 Å². The van der Waals surface area contributed by atoms with Gasteiger partial charge in [-0.25, -0.2) is 0 Å². The summed E-state index contributed by atoms with van der Waals surface area (Å²) in [5.41, 5.74) is 1.30. The highest BCUT2D eigenvalue weighted by Gasteiger charge is 2.49. The van der Waals surface area contributed by atoms with Crippen LogP contribution in [0.2, 0.25) is 18.1 Å². The van der Waals surface area contributed by atoms with Crippen molar-refractivity contribution < 1.29 is 42.2 Å². The van der Waals surface area contributed by atoms with E-state index in [1.165, 1.54) is 19.8 Å². The largest absolute Gasteiger partial charge is 0.465 e. The molecule has 0 aromatic carbocycles. The van der Waals surface area contributed by atoms with E-state index in [9.17, 15) is 14.5 Å². The first-order valence-electron chi connectivity index (χ1n) is 16.2. The fourth-order valence-electron chi connectivity index (χ4n) is 4.85. The summed E-state index contributed by atoms with van der Waals surface area (Å²) in [4.78, 5) is 13.4. The van der Waals surface area contributed by atoms with E-state index in [0.29, 0.717) is 19.4 Å². The lowest BCUT2D eigenvalue weighted by atomic mass is 9.76. The Hall–Kier alpha value is -1.10. The molecule has 45 heavy (non-hydrogen) atoms. The zero-order valence-corrected chi connectivity index (χ0v) is 32.3. The third-order valence-electron chi connectivity index (χ3n) is 8.85. The molecule has 0 aromatic rings. The molecule has 11 heteroatoms. The predicted molar refractivity (Wildman–Crippen MR) is 184 cm³/mol. The Bertz CT molecular complexity index is 1070. The Kier molecular flexibility index (Phi) is 16.7. The Labute approximate surface area is 274 Å². The number of hydrogen-bond donors (Lipinski definition) is 1. The Balaban J connectivity index is 2.94. The molecule has 0 aromatic heterocycles. The molecule has 0 amide bonds. The summed E-state index contributed by atoms with van der Waals surface area (Å²) >= 11 is 0. The second-order valence-corrected chi connectivity index (χ2v) is 21.5. The van der Waals surface area contributed by atoms with Crippen LogP contribution < -0.4 is 0 Å². The molecule has 1 rings (SSSR count). The minimum atomic E-state index is -3.40. The first-order valence-corrected chi connectivity index (χ1v) is 20.8. The van der Waals surface area contributed by atoms with Gasteiger partial charge in [0, 0.05) is 27.1 Å². The molecule has 0 saturated carbocycles. The summed E-state index contributed by atoms with van der Waals surface area (Å²) in [5.74, 6) is -1.35. The summed E-state index contributed by atoms with van der Waals surface area (Å²) in [7, 11) is -2.57. The number of carbonyl (C=O) groups is 1. The van der Waals surface area contributed by atoms with Crippen LogP contribution in [0.4, 0.5) is 0 Å². The van der Waals surface area contributed by atoms with Crippen molar-refractivity contribution in [3.8, 4) is 0 Å². The standard InChI is InChI=1S/C34H63O9PSi/c1-14-40-31(36)34(9,30-23-29(42-33(7,8)43-30)22-28(35)25-44(37,38-10)39-11)21-20-26(2)18-16-15-17-19-27(3)24-41-45(12,13)32(4,5)6/h16,18-20,28-30,35H,14-15,17,21-25H2,1-13H3/b18-16+,26-20+,27-19+/t28?,29-,30-,34+/m1/s1. The zero-order chi connectivity index (χ0) is 34.7. The molecule has 0 radical (unpaired) electrons. The van der Waals surface area contributed by atoms with Crippen LogP contribution in [-0.2, 0) is 37.0 Å². The average Bonchev–Trinajstić information content (AvgIpc) is 2.93. The van der Waals surface area contributed by atoms with Gasteiger partial charge in [-0.2, -0.15) is 0 Å². The van der Waals surface area contributed by atoms with Crippen molar-refractivity contribution in [2.45, 2.75) is 137 Å². The van der Waals surface area contributed by atoms with E-state index in [-0.39, 0.29) is 30.2 Å². The van der Waals surface area contributed by atoms with E-state index in [1.54, 1.807) is 20.8 Å². The van der Waals surface area contributed by atoms with Crippen LogP contribution in [0.15, 0.2) is 35.5 Å². The van der Waals surface area contributed by atoms with Crippen molar-refractivity contribution >= 4 is 21.9 Å². The van der Waals surface area contributed by atoms with Crippen molar-refractivity contribution in [1.29, 1.82) is 0 Å². The van der Waals surface area contributed by atoms with Crippen molar-refractivity contribution in [3.05, 3.63) is 35.5 Å². The minimum absolute atomic E-state index is 0.157. The monoisotopic (exact) mass is 674 g/mol. The lowest BCUT2D eigenvalue weighted by Crippen LogP contribution is -2.54. The Morgan fingerprint density at radius 1 is 1.09 bits per heavy atom. The maximum Gasteiger partial charge on any atom is 0.332 e. The SMILES string of the molecule is CCOC(=O)[C@@](C)(C/C=C(C)/C=C/CC/C=C(\C)CO[Si](C)(C)C(C)(C)C)[C@H]1C[C@@H](CC(O)CP(=O)(OC)OC)OC(C)(C)O1. The molecule has 1 aliphatic rings. The summed E-state index contributed by atoms with van der Waals surface area (Å²) in [6.45, 7) is 23.6. The van der Waals surface area contributed by atoms with Crippen LogP contribution >= 0.6 is 7.60 Å². The highest BCUT2D eigenvalue weighted by Crippen LogP contribution is 2.48. The number of rotatable bonds is 18.